The summed E-state index contributed by atoms with van der Waals surface area (Å²) in [5.74, 6) is 1.86. The molecule has 13 heavy (non-hydrogen) atoms. The van der Waals surface area contributed by atoms with E-state index in [-0.39, 0.29) is 0 Å². The third-order valence-corrected chi connectivity index (χ3v) is 1.72. The Kier molecular flexibility index (Phi) is 4.43. The number of piperidine rings is 1. The van der Waals surface area contributed by atoms with Crippen molar-refractivity contribution in [3.63, 3.8) is 0 Å². The Labute approximate surface area is 77.1 Å². The largest absolute Gasteiger partial charge is 0.379 e. The third kappa shape index (κ3) is 4.13. The summed E-state index contributed by atoms with van der Waals surface area (Å²) in [4.78, 5) is 16.4. The lowest BCUT2D eigenvalue weighted by Gasteiger charge is -2.11. The van der Waals surface area contributed by atoms with Crippen molar-refractivity contribution >= 4 is 5.94 Å². The van der Waals surface area contributed by atoms with E-state index >= 15 is 0 Å². The van der Waals surface area contributed by atoms with Crippen LogP contribution in [0.2, 0.25) is 0 Å². The van der Waals surface area contributed by atoms with E-state index in [1.165, 1.54) is 6.42 Å². The van der Waals surface area contributed by atoms with Gasteiger partial charge in [-0.3, -0.25) is 0 Å². The maximum atomic E-state index is 9.94. The zero-order chi connectivity index (χ0) is 9.36. The number of rotatable bonds is 0. The summed E-state index contributed by atoms with van der Waals surface area (Å²) in [6.07, 6.45) is 8.30. The predicted molar refractivity (Wildman–Crippen MR) is 49.6 cm³/mol. The SMILES string of the molecule is O=C=C1CCCCN1.c1c[nH]cn1. The monoisotopic (exact) mass is 179 g/mol. The van der Waals surface area contributed by atoms with E-state index in [0.717, 1.165) is 25.1 Å². The van der Waals surface area contributed by atoms with Gasteiger partial charge in [0, 0.05) is 18.9 Å². The van der Waals surface area contributed by atoms with Gasteiger partial charge >= 0.3 is 0 Å². The molecule has 0 saturated carbocycles. The van der Waals surface area contributed by atoms with Crippen molar-refractivity contribution in [2.45, 2.75) is 19.3 Å². The second kappa shape index (κ2) is 6.03. The molecule has 1 saturated heterocycles. The van der Waals surface area contributed by atoms with Crippen LogP contribution in [0.5, 0.6) is 0 Å². The molecule has 4 heteroatoms. The van der Waals surface area contributed by atoms with E-state index in [0.29, 0.717) is 0 Å². The lowest BCUT2D eigenvalue weighted by Crippen LogP contribution is -2.19. The molecule has 1 fully saturated rings. The van der Waals surface area contributed by atoms with E-state index in [9.17, 15) is 4.79 Å². The molecule has 2 N–H and O–H groups in total. The lowest BCUT2D eigenvalue weighted by molar-refractivity contribution is 0.547. The van der Waals surface area contributed by atoms with Gasteiger partial charge in [0.2, 0.25) is 0 Å². The maximum absolute atomic E-state index is 9.94. The molecule has 0 radical (unpaired) electrons. The molecular formula is C9H13N3O. The second-order valence-corrected chi connectivity index (χ2v) is 2.73. The number of aromatic amines is 1. The molecular weight excluding hydrogens is 166 g/mol. The van der Waals surface area contributed by atoms with Crippen LogP contribution in [0.4, 0.5) is 0 Å². The molecule has 0 spiro atoms. The molecule has 0 atom stereocenters. The highest BCUT2D eigenvalue weighted by Crippen LogP contribution is 2.05. The van der Waals surface area contributed by atoms with Crippen LogP contribution in [-0.2, 0) is 4.79 Å². The number of H-pyrrole nitrogens is 1. The fraction of sp³-hybridized carbons (Fsp3) is 0.444. The van der Waals surface area contributed by atoms with Crippen LogP contribution in [-0.4, -0.2) is 22.5 Å². The number of hydrogen-bond donors (Lipinski definition) is 2. The van der Waals surface area contributed by atoms with E-state index in [1.807, 2.05) is 5.94 Å². The fourth-order valence-electron chi connectivity index (χ4n) is 1.06. The van der Waals surface area contributed by atoms with Crippen molar-refractivity contribution in [2.24, 2.45) is 0 Å². The number of aromatic nitrogens is 2. The maximum Gasteiger partial charge on any atom is 0.145 e. The first-order valence-electron chi connectivity index (χ1n) is 4.34. The zero-order valence-corrected chi connectivity index (χ0v) is 7.42. The van der Waals surface area contributed by atoms with Crippen molar-refractivity contribution in [3.05, 3.63) is 24.4 Å². The molecule has 2 heterocycles. The van der Waals surface area contributed by atoms with Crippen LogP contribution in [0.3, 0.4) is 0 Å². The van der Waals surface area contributed by atoms with Gasteiger partial charge in [0.15, 0.2) is 0 Å². The molecule has 1 aliphatic heterocycles. The predicted octanol–water partition coefficient (Wildman–Crippen LogP) is 0.885. The van der Waals surface area contributed by atoms with Crippen LogP contribution < -0.4 is 5.32 Å². The Hall–Kier alpha value is -1.54. The highest BCUT2D eigenvalue weighted by Gasteiger charge is 2.02. The normalized spacial score (nSPS) is 14.9. The van der Waals surface area contributed by atoms with Crippen molar-refractivity contribution < 1.29 is 4.79 Å². The Morgan fingerprint density at radius 2 is 2.38 bits per heavy atom. The molecule has 70 valence electrons. The number of hydrogen-bond acceptors (Lipinski definition) is 3. The highest BCUT2D eigenvalue weighted by molar-refractivity contribution is 5.51. The summed E-state index contributed by atoms with van der Waals surface area (Å²) in [5.41, 5.74) is 0.747. The number of nitrogens with zero attached hydrogens (tertiary/aromatic N) is 1. The minimum Gasteiger partial charge on any atom is -0.379 e. The topological polar surface area (TPSA) is 57.8 Å². The Bertz CT molecular complexity index is 237. The molecule has 0 amide bonds. The van der Waals surface area contributed by atoms with Gasteiger partial charge in [-0.25, -0.2) is 9.78 Å². The van der Waals surface area contributed by atoms with E-state index < -0.39 is 0 Å². The van der Waals surface area contributed by atoms with Crippen molar-refractivity contribution in [1.82, 2.24) is 15.3 Å². The summed E-state index contributed by atoms with van der Waals surface area (Å²) < 4.78 is 0. The average molecular weight is 179 g/mol. The molecule has 0 unspecified atom stereocenters. The van der Waals surface area contributed by atoms with Gasteiger partial charge in [-0.15, -0.1) is 0 Å². The van der Waals surface area contributed by atoms with Gasteiger partial charge in [0.05, 0.1) is 12.0 Å². The Balaban J connectivity index is 0.000000145. The number of nitrogens with one attached hydrogen (secondary N) is 2. The average Bonchev–Trinajstić information content (AvgIpc) is 2.77. The van der Waals surface area contributed by atoms with E-state index in [4.69, 9.17) is 0 Å². The van der Waals surface area contributed by atoms with Crippen molar-refractivity contribution in [2.75, 3.05) is 6.54 Å². The number of allylic oxidation sites excluding steroid dienone is 1. The number of imidazole rings is 1. The highest BCUT2D eigenvalue weighted by atomic mass is 16.1. The van der Waals surface area contributed by atoms with Crippen LogP contribution >= 0.6 is 0 Å². The van der Waals surface area contributed by atoms with Gasteiger partial charge < -0.3 is 10.3 Å². The smallest absolute Gasteiger partial charge is 0.145 e. The van der Waals surface area contributed by atoms with Gasteiger partial charge in [-0.1, -0.05) is 0 Å². The third-order valence-electron chi connectivity index (χ3n) is 1.72. The zero-order valence-electron chi connectivity index (χ0n) is 7.42. The molecule has 1 aromatic rings. The second-order valence-electron chi connectivity index (χ2n) is 2.73. The van der Waals surface area contributed by atoms with Crippen LogP contribution in [0.1, 0.15) is 19.3 Å². The first-order valence-corrected chi connectivity index (χ1v) is 4.34. The minimum atomic E-state index is 0.747. The first kappa shape index (κ1) is 9.55. The summed E-state index contributed by atoms with van der Waals surface area (Å²) in [5, 5.41) is 2.96. The lowest BCUT2D eigenvalue weighted by atomic mass is 10.1. The molecule has 0 bridgehead atoms. The van der Waals surface area contributed by atoms with Crippen LogP contribution in [0, 0.1) is 0 Å². The summed E-state index contributed by atoms with van der Waals surface area (Å²) in [7, 11) is 0. The molecule has 4 nitrogen and oxygen atoms in total. The fourth-order valence-corrected chi connectivity index (χ4v) is 1.06. The molecule has 0 aromatic carbocycles. The van der Waals surface area contributed by atoms with Crippen molar-refractivity contribution in [1.29, 1.82) is 0 Å². The van der Waals surface area contributed by atoms with Crippen LogP contribution in [0.15, 0.2) is 24.4 Å². The van der Waals surface area contributed by atoms with Gasteiger partial charge in [-0.05, 0) is 19.3 Å². The number of carbonyl (C=O) groups excluding carboxylic acids is 1. The summed E-state index contributed by atoms with van der Waals surface area (Å²) in [6.45, 7) is 0.949. The summed E-state index contributed by atoms with van der Waals surface area (Å²) in [6, 6.07) is 0. The molecule has 2 rings (SSSR count). The van der Waals surface area contributed by atoms with Crippen LogP contribution in [0.25, 0.3) is 0 Å². The van der Waals surface area contributed by atoms with E-state index in [1.54, 1.807) is 18.7 Å². The quantitative estimate of drug-likeness (QED) is 0.581. The molecule has 1 aromatic heterocycles. The minimum absolute atomic E-state index is 0.747. The van der Waals surface area contributed by atoms with Gasteiger partial charge in [-0.2, -0.15) is 0 Å². The Morgan fingerprint density at radius 1 is 1.46 bits per heavy atom. The summed E-state index contributed by atoms with van der Waals surface area (Å²) >= 11 is 0. The molecule has 0 aliphatic carbocycles. The van der Waals surface area contributed by atoms with Crippen molar-refractivity contribution in [3.8, 4) is 0 Å². The molecule has 1 aliphatic rings. The van der Waals surface area contributed by atoms with Gasteiger partial charge in [0.1, 0.15) is 5.94 Å². The Morgan fingerprint density at radius 3 is 2.69 bits per heavy atom. The first-order chi connectivity index (χ1) is 6.43. The standard InChI is InChI=1S/C6H9NO.C3H4N2/c8-5-6-3-1-2-4-7-6;1-2-5-3-4-1/h7H,1-4H2;1-3H,(H,4,5). The van der Waals surface area contributed by atoms with Gasteiger partial charge in [0.25, 0.3) is 0 Å². The van der Waals surface area contributed by atoms with E-state index in [2.05, 4.69) is 15.3 Å².